The molecular formula is C21H17F3N4O3S. The molecule has 0 spiro atoms. The molecule has 4 rings (SSSR count). The number of hydrogen-bond acceptors (Lipinski definition) is 5. The van der Waals surface area contributed by atoms with Crippen LogP contribution in [0, 0.1) is 0 Å². The second-order valence-corrected chi connectivity index (χ2v) is 7.26. The van der Waals surface area contributed by atoms with Crippen LogP contribution in [-0.2, 0) is 9.59 Å². The van der Waals surface area contributed by atoms with E-state index < -0.39 is 12.1 Å². The van der Waals surface area contributed by atoms with Gasteiger partial charge in [0.2, 0.25) is 5.91 Å². The predicted molar refractivity (Wildman–Crippen MR) is 114 cm³/mol. The van der Waals surface area contributed by atoms with Crippen molar-refractivity contribution in [1.82, 2.24) is 14.6 Å². The van der Waals surface area contributed by atoms with E-state index in [0.29, 0.717) is 5.82 Å². The summed E-state index contributed by atoms with van der Waals surface area (Å²) in [5, 5.41) is 9.05. The first kappa shape index (κ1) is 22.9. The third kappa shape index (κ3) is 5.30. The normalized spacial score (nSPS) is 12.0. The van der Waals surface area contributed by atoms with Crippen molar-refractivity contribution in [2.45, 2.75) is 19.0 Å². The summed E-state index contributed by atoms with van der Waals surface area (Å²) >= 11 is 1.50. The van der Waals surface area contributed by atoms with Crippen molar-refractivity contribution in [2.24, 2.45) is 0 Å². The number of carboxylic acids is 1. The molecule has 0 bridgehead atoms. The minimum absolute atomic E-state index is 0.0918. The molecule has 2 heterocycles. The van der Waals surface area contributed by atoms with Crippen LogP contribution in [0.25, 0.3) is 22.6 Å². The molecule has 0 saturated heterocycles. The number of nitrogens with zero attached hydrogens (tertiary/aromatic N) is 3. The first-order valence-electron chi connectivity index (χ1n) is 9.20. The van der Waals surface area contributed by atoms with E-state index in [1.54, 1.807) is 10.2 Å². The average Bonchev–Trinajstić information content (AvgIpc) is 3.42. The number of hydrogen-bond donors (Lipinski definition) is 2. The van der Waals surface area contributed by atoms with Gasteiger partial charge in [0.25, 0.3) is 0 Å². The van der Waals surface area contributed by atoms with Crippen molar-refractivity contribution >= 4 is 34.2 Å². The van der Waals surface area contributed by atoms with Crippen molar-refractivity contribution in [3.05, 3.63) is 71.1 Å². The summed E-state index contributed by atoms with van der Waals surface area (Å²) in [6.45, 7) is 1.90. The van der Waals surface area contributed by atoms with E-state index in [-0.39, 0.29) is 11.8 Å². The summed E-state index contributed by atoms with van der Waals surface area (Å²) in [7, 11) is 0. The molecular weight excluding hydrogens is 445 g/mol. The summed E-state index contributed by atoms with van der Waals surface area (Å²) in [5.41, 5.74) is 8.14. The molecule has 7 nitrogen and oxygen atoms in total. The maximum atomic E-state index is 12.8. The van der Waals surface area contributed by atoms with E-state index in [4.69, 9.17) is 9.90 Å². The van der Waals surface area contributed by atoms with Crippen molar-refractivity contribution < 1.29 is 27.9 Å². The molecule has 1 atom stereocenters. The standard InChI is InChI=1S/C19H16N4OS.C2HF3O2/c1-13(14-7-3-2-4-8-14)19(24)22-23-17-10-6-5-9-15(17)21-18(23)16-11-25-12-20-16;3-2(4,5)1(6)7/h2-13H,1H3,(H,22,24);(H,6,7). The Labute approximate surface area is 184 Å². The molecule has 11 heteroatoms. The summed E-state index contributed by atoms with van der Waals surface area (Å²) in [4.78, 5) is 30.7. The lowest BCUT2D eigenvalue weighted by molar-refractivity contribution is -0.192. The van der Waals surface area contributed by atoms with Crippen LogP contribution < -0.4 is 5.43 Å². The number of halogens is 3. The van der Waals surface area contributed by atoms with Gasteiger partial charge >= 0.3 is 12.1 Å². The van der Waals surface area contributed by atoms with Crippen molar-refractivity contribution in [2.75, 3.05) is 5.43 Å². The number of carboxylic acid groups (broad SMARTS) is 1. The van der Waals surface area contributed by atoms with Gasteiger partial charge in [-0.05, 0) is 24.6 Å². The smallest absolute Gasteiger partial charge is 0.475 e. The first-order valence-corrected chi connectivity index (χ1v) is 10.1. The van der Waals surface area contributed by atoms with Gasteiger partial charge in [-0.3, -0.25) is 10.2 Å². The number of benzene rings is 2. The van der Waals surface area contributed by atoms with E-state index in [0.717, 1.165) is 22.3 Å². The summed E-state index contributed by atoms with van der Waals surface area (Å²) in [6.07, 6.45) is -5.08. The molecule has 1 amide bonds. The topological polar surface area (TPSA) is 97.1 Å². The SMILES string of the molecule is CC(C(=O)Nn1c(-c2cscn2)nc2ccccc21)c1ccccc1.O=C(O)C(F)(F)F. The lowest BCUT2D eigenvalue weighted by Crippen LogP contribution is -2.27. The van der Waals surface area contributed by atoms with Gasteiger partial charge in [-0.25, -0.2) is 19.4 Å². The molecule has 1 unspecified atom stereocenters. The molecule has 0 aliphatic carbocycles. The Morgan fingerprint density at radius 2 is 1.72 bits per heavy atom. The fourth-order valence-electron chi connectivity index (χ4n) is 2.73. The zero-order valence-electron chi connectivity index (χ0n) is 16.6. The minimum atomic E-state index is -5.08. The Hall–Kier alpha value is -3.73. The van der Waals surface area contributed by atoms with E-state index >= 15 is 0 Å². The number of aromatic nitrogens is 3. The van der Waals surface area contributed by atoms with Crippen LogP contribution >= 0.6 is 11.3 Å². The second kappa shape index (κ2) is 9.60. The fraction of sp³-hybridized carbons (Fsp3) is 0.143. The lowest BCUT2D eigenvalue weighted by Gasteiger charge is -2.15. The molecule has 2 aromatic carbocycles. The molecule has 2 N–H and O–H groups in total. The molecule has 2 aromatic heterocycles. The third-order valence-electron chi connectivity index (χ3n) is 4.38. The van der Waals surface area contributed by atoms with Crippen LogP contribution in [0.5, 0.6) is 0 Å². The van der Waals surface area contributed by atoms with E-state index in [9.17, 15) is 18.0 Å². The Kier molecular flexibility index (Phi) is 6.89. The number of para-hydroxylation sites is 2. The Morgan fingerprint density at radius 3 is 2.31 bits per heavy atom. The maximum absolute atomic E-state index is 12.8. The molecule has 4 aromatic rings. The number of thiazole rings is 1. The van der Waals surface area contributed by atoms with Gasteiger partial charge in [-0.2, -0.15) is 13.2 Å². The van der Waals surface area contributed by atoms with Gasteiger partial charge in [-0.1, -0.05) is 42.5 Å². The van der Waals surface area contributed by atoms with Gasteiger partial charge in [0.1, 0.15) is 5.69 Å². The number of carbonyl (C=O) groups is 2. The molecule has 32 heavy (non-hydrogen) atoms. The highest BCUT2D eigenvalue weighted by atomic mass is 32.1. The van der Waals surface area contributed by atoms with Gasteiger partial charge < -0.3 is 5.11 Å². The van der Waals surface area contributed by atoms with Crippen LogP contribution in [0.1, 0.15) is 18.4 Å². The van der Waals surface area contributed by atoms with Gasteiger partial charge in [0, 0.05) is 5.38 Å². The highest BCUT2D eigenvalue weighted by molar-refractivity contribution is 7.07. The Balaban J connectivity index is 0.000000360. The molecule has 0 fully saturated rings. The molecule has 0 aliphatic heterocycles. The number of imidazole rings is 1. The largest absolute Gasteiger partial charge is 0.490 e. The van der Waals surface area contributed by atoms with Crippen molar-refractivity contribution in [3.63, 3.8) is 0 Å². The maximum Gasteiger partial charge on any atom is 0.490 e. The quantitative estimate of drug-likeness (QED) is 0.460. The van der Waals surface area contributed by atoms with Crippen molar-refractivity contribution in [3.8, 4) is 11.5 Å². The summed E-state index contributed by atoms with van der Waals surface area (Å²) in [5.74, 6) is -2.49. The van der Waals surface area contributed by atoms with E-state index in [1.165, 1.54) is 11.3 Å². The zero-order valence-corrected chi connectivity index (χ0v) is 17.4. The predicted octanol–water partition coefficient (Wildman–Crippen LogP) is 4.67. The highest BCUT2D eigenvalue weighted by Gasteiger charge is 2.38. The van der Waals surface area contributed by atoms with Crippen LogP contribution in [-0.4, -0.2) is 37.8 Å². The number of carbonyl (C=O) groups excluding carboxylic acids is 1. The average molecular weight is 462 g/mol. The molecule has 166 valence electrons. The number of rotatable bonds is 4. The number of aliphatic carboxylic acids is 1. The second-order valence-electron chi connectivity index (χ2n) is 6.54. The molecule has 0 aliphatic rings. The van der Waals surface area contributed by atoms with Gasteiger partial charge in [-0.15, -0.1) is 11.3 Å². The van der Waals surface area contributed by atoms with E-state index in [1.807, 2.05) is 66.9 Å². The molecule has 0 saturated carbocycles. The molecule has 0 radical (unpaired) electrons. The van der Waals surface area contributed by atoms with Crippen LogP contribution in [0.2, 0.25) is 0 Å². The zero-order chi connectivity index (χ0) is 23.3. The minimum Gasteiger partial charge on any atom is -0.475 e. The summed E-state index contributed by atoms with van der Waals surface area (Å²) < 4.78 is 33.5. The number of amides is 1. The van der Waals surface area contributed by atoms with Gasteiger partial charge in [0.05, 0.1) is 22.5 Å². The van der Waals surface area contributed by atoms with Crippen LogP contribution in [0.3, 0.4) is 0 Å². The monoisotopic (exact) mass is 462 g/mol. The number of alkyl halides is 3. The first-order chi connectivity index (χ1) is 15.2. The fourth-order valence-corrected chi connectivity index (χ4v) is 3.26. The van der Waals surface area contributed by atoms with Crippen LogP contribution in [0.15, 0.2) is 65.5 Å². The summed E-state index contributed by atoms with van der Waals surface area (Å²) in [6, 6.07) is 17.4. The van der Waals surface area contributed by atoms with Crippen LogP contribution in [0.4, 0.5) is 13.2 Å². The van der Waals surface area contributed by atoms with Crippen molar-refractivity contribution in [1.29, 1.82) is 0 Å². The van der Waals surface area contributed by atoms with E-state index in [2.05, 4.69) is 15.4 Å². The number of nitrogens with one attached hydrogen (secondary N) is 1. The third-order valence-corrected chi connectivity index (χ3v) is 4.97. The highest BCUT2D eigenvalue weighted by Crippen LogP contribution is 2.24. The lowest BCUT2D eigenvalue weighted by atomic mass is 10.0. The Bertz CT molecular complexity index is 1210. The van der Waals surface area contributed by atoms with Gasteiger partial charge in [0.15, 0.2) is 5.82 Å². The number of fused-ring (bicyclic) bond motifs is 1. The Morgan fingerprint density at radius 1 is 1.09 bits per heavy atom.